The molecule has 4 aromatic rings. The van der Waals surface area contributed by atoms with Gasteiger partial charge in [0.05, 0.1) is 31.0 Å². The zero-order chi connectivity index (χ0) is 25.7. The molecule has 9 nitrogen and oxygen atoms in total. The van der Waals surface area contributed by atoms with E-state index in [1.165, 1.54) is 14.2 Å². The molecule has 0 saturated carbocycles. The summed E-state index contributed by atoms with van der Waals surface area (Å²) in [6.45, 7) is 0.117. The van der Waals surface area contributed by atoms with Crippen LogP contribution < -0.4 is 19.7 Å². The molecule has 2 aliphatic rings. The first-order chi connectivity index (χ1) is 18.0. The van der Waals surface area contributed by atoms with Gasteiger partial charge in [-0.3, -0.25) is 19.3 Å². The van der Waals surface area contributed by atoms with Gasteiger partial charge in [0.2, 0.25) is 5.91 Å². The SMILES string of the molecule is COc1ccc2c(c1OC)C(=O)N1c3ccccc3C(=O)N(CCC(=O)Nc3ccc4cc[nH]c4c3)[C@@H]21. The van der Waals surface area contributed by atoms with Crippen LogP contribution in [0.4, 0.5) is 11.4 Å². The van der Waals surface area contributed by atoms with E-state index in [0.29, 0.717) is 39.6 Å². The van der Waals surface area contributed by atoms with Crippen LogP contribution in [-0.4, -0.2) is 48.4 Å². The van der Waals surface area contributed by atoms with Gasteiger partial charge < -0.3 is 24.7 Å². The number of aromatic nitrogens is 1. The molecule has 2 aliphatic heterocycles. The van der Waals surface area contributed by atoms with Crippen molar-refractivity contribution in [1.82, 2.24) is 9.88 Å². The quantitative estimate of drug-likeness (QED) is 0.414. The molecule has 0 radical (unpaired) electrons. The fourth-order valence-corrected chi connectivity index (χ4v) is 5.22. The molecule has 0 unspecified atom stereocenters. The maximum Gasteiger partial charge on any atom is 0.264 e. The van der Waals surface area contributed by atoms with Crippen LogP contribution in [0, 0.1) is 0 Å². The third-order valence-electron chi connectivity index (χ3n) is 6.90. The lowest BCUT2D eigenvalue weighted by Gasteiger charge is -2.40. The lowest BCUT2D eigenvalue weighted by Crippen LogP contribution is -2.49. The van der Waals surface area contributed by atoms with Gasteiger partial charge in [0.15, 0.2) is 11.5 Å². The van der Waals surface area contributed by atoms with Crippen LogP contribution in [0.3, 0.4) is 0 Å². The molecule has 0 saturated heterocycles. The van der Waals surface area contributed by atoms with E-state index < -0.39 is 6.17 Å². The molecule has 6 rings (SSSR count). The third kappa shape index (κ3) is 3.50. The number of benzene rings is 3. The molecular formula is C28H24N4O5. The predicted molar refractivity (Wildman–Crippen MR) is 138 cm³/mol. The molecule has 37 heavy (non-hydrogen) atoms. The van der Waals surface area contributed by atoms with E-state index in [2.05, 4.69) is 10.3 Å². The average Bonchev–Trinajstić information content (AvgIpc) is 3.50. The molecule has 3 heterocycles. The second-order valence-corrected chi connectivity index (χ2v) is 8.91. The minimum atomic E-state index is -0.701. The topological polar surface area (TPSA) is 104 Å². The number of ether oxygens (including phenoxy) is 2. The van der Waals surface area contributed by atoms with E-state index in [4.69, 9.17) is 9.47 Å². The summed E-state index contributed by atoms with van der Waals surface area (Å²) in [5.41, 5.74) is 3.49. The first-order valence-electron chi connectivity index (χ1n) is 11.9. The van der Waals surface area contributed by atoms with Crippen molar-refractivity contribution in [2.75, 3.05) is 31.0 Å². The van der Waals surface area contributed by atoms with Gasteiger partial charge >= 0.3 is 0 Å². The normalized spacial score (nSPS) is 15.9. The summed E-state index contributed by atoms with van der Waals surface area (Å²) < 4.78 is 11.0. The number of rotatable bonds is 6. The minimum absolute atomic E-state index is 0.0534. The molecule has 0 aliphatic carbocycles. The molecule has 0 bridgehead atoms. The number of anilines is 2. The highest BCUT2D eigenvalue weighted by Crippen LogP contribution is 2.49. The predicted octanol–water partition coefficient (Wildman–Crippen LogP) is 4.33. The van der Waals surface area contributed by atoms with Crippen LogP contribution in [0.5, 0.6) is 11.5 Å². The molecule has 0 fully saturated rings. The monoisotopic (exact) mass is 496 g/mol. The van der Waals surface area contributed by atoms with Crippen molar-refractivity contribution in [1.29, 1.82) is 0 Å². The van der Waals surface area contributed by atoms with Crippen LogP contribution >= 0.6 is 0 Å². The third-order valence-corrected chi connectivity index (χ3v) is 6.90. The highest BCUT2D eigenvalue weighted by atomic mass is 16.5. The van der Waals surface area contributed by atoms with Crippen molar-refractivity contribution < 1.29 is 23.9 Å². The van der Waals surface area contributed by atoms with E-state index in [9.17, 15) is 14.4 Å². The van der Waals surface area contributed by atoms with Gasteiger partial charge in [-0.25, -0.2) is 0 Å². The highest BCUT2D eigenvalue weighted by molar-refractivity contribution is 6.18. The second kappa shape index (κ2) is 8.70. The van der Waals surface area contributed by atoms with Gasteiger partial charge in [-0.1, -0.05) is 24.3 Å². The van der Waals surface area contributed by atoms with Gasteiger partial charge in [0.1, 0.15) is 6.17 Å². The minimum Gasteiger partial charge on any atom is -0.493 e. The Bertz CT molecular complexity index is 1580. The lowest BCUT2D eigenvalue weighted by atomic mass is 10.0. The maximum atomic E-state index is 13.7. The Morgan fingerprint density at radius 3 is 2.65 bits per heavy atom. The summed E-state index contributed by atoms with van der Waals surface area (Å²) in [6.07, 6.45) is 1.19. The van der Waals surface area contributed by atoms with Crippen molar-refractivity contribution in [3.8, 4) is 11.5 Å². The Hall–Kier alpha value is -4.79. The summed E-state index contributed by atoms with van der Waals surface area (Å²) in [4.78, 5) is 46.6. The molecule has 186 valence electrons. The number of carbonyl (C=O) groups is 3. The number of nitrogens with zero attached hydrogens (tertiary/aromatic N) is 2. The molecule has 2 N–H and O–H groups in total. The van der Waals surface area contributed by atoms with Gasteiger partial charge in [-0.15, -0.1) is 0 Å². The molecule has 3 amide bonds. The second-order valence-electron chi connectivity index (χ2n) is 8.91. The van der Waals surface area contributed by atoms with Crippen LogP contribution in [0.2, 0.25) is 0 Å². The first kappa shape index (κ1) is 22.7. The van der Waals surface area contributed by atoms with Crippen molar-refractivity contribution in [3.63, 3.8) is 0 Å². The van der Waals surface area contributed by atoms with Gasteiger partial charge in [0.25, 0.3) is 11.8 Å². The number of carbonyl (C=O) groups excluding carboxylic acids is 3. The Morgan fingerprint density at radius 1 is 1.00 bits per heavy atom. The maximum absolute atomic E-state index is 13.7. The summed E-state index contributed by atoms with van der Waals surface area (Å²) in [6, 6.07) is 18.1. The zero-order valence-electron chi connectivity index (χ0n) is 20.3. The molecule has 9 heteroatoms. The molecule has 0 spiro atoms. The number of methoxy groups -OCH3 is 2. The van der Waals surface area contributed by atoms with Crippen molar-refractivity contribution >= 4 is 40.0 Å². The van der Waals surface area contributed by atoms with Crippen molar-refractivity contribution in [3.05, 3.63) is 83.6 Å². The number of fused-ring (bicyclic) bond motifs is 6. The van der Waals surface area contributed by atoms with Crippen LogP contribution in [0.1, 0.15) is 38.9 Å². The molecular weight excluding hydrogens is 472 g/mol. The highest BCUT2D eigenvalue weighted by Gasteiger charge is 2.49. The summed E-state index contributed by atoms with van der Waals surface area (Å²) >= 11 is 0. The summed E-state index contributed by atoms with van der Waals surface area (Å²) in [5.74, 6) is -0.0148. The number of H-pyrrole nitrogens is 1. The van der Waals surface area contributed by atoms with Gasteiger partial charge in [-0.05, 0) is 41.8 Å². The Labute approximate surface area is 212 Å². The van der Waals surface area contributed by atoms with E-state index >= 15 is 0 Å². The smallest absolute Gasteiger partial charge is 0.264 e. The number of hydrogen-bond acceptors (Lipinski definition) is 5. The number of hydrogen-bond donors (Lipinski definition) is 2. The fraction of sp³-hybridized carbons (Fsp3) is 0.179. The molecule has 3 aromatic carbocycles. The molecule has 1 atom stereocenters. The largest absolute Gasteiger partial charge is 0.493 e. The Balaban J connectivity index is 1.33. The van der Waals surface area contributed by atoms with E-state index in [-0.39, 0.29) is 30.7 Å². The van der Waals surface area contributed by atoms with Crippen LogP contribution in [-0.2, 0) is 4.79 Å². The number of para-hydroxylation sites is 1. The van der Waals surface area contributed by atoms with Crippen LogP contribution in [0.25, 0.3) is 10.9 Å². The van der Waals surface area contributed by atoms with E-state index in [1.807, 2.05) is 30.5 Å². The molecule has 1 aromatic heterocycles. The number of aromatic amines is 1. The zero-order valence-corrected chi connectivity index (χ0v) is 20.3. The summed E-state index contributed by atoms with van der Waals surface area (Å²) in [5, 5.41) is 3.95. The lowest BCUT2D eigenvalue weighted by molar-refractivity contribution is -0.116. The van der Waals surface area contributed by atoms with Crippen LogP contribution in [0.15, 0.2) is 66.9 Å². The van der Waals surface area contributed by atoms with Gasteiger partial charge in [-0.2, -0.15) is 0 Å². The Kier molecular flexibility index (Phi) is 5.33. The number of amides is 3. The number of nitrogens with one attached hydrogen (secondary N) is 2. The fourth-order valence-electron chi connectivity index (χ4n) is 5.22. The van der Waals surface area contributed by atoms with Gasteiger partial charge in [0, 0.05) is 35.9 Å². The van der Waals surface area contributed by atoms with E-state index in [1.54, 1.807) is 46.2 Å². The Morgan fingerprint density at radius 2 is 1.84 bits per heavy atom. The van der Waals surface area contributed by atoms with Crippen molar-refractivity contribution in [2.45, 2.75) is 12.6 Å². The first-order valence-corrected chi connectivity index (χ1v) is 11.9. The summed E-state index contributed by atoms with van der Waals surface area (Å²) in [7, 11) is 2.99. The van der Waals surface area contributed by atoms with E-state index in [0.717, 1.165) is 10.9 Å². The standard InChI is InChI=1S/C28H24N4O5/c1-36-22-10-9-19-24(25(22)37-2)28(35)32-21-6-4-3-5-18(21)27(34)31(26(19)32)14-12-23(33)30-17-8-7-16-11-13-29-20(16)15-17/h3-11,13,15,26,29H,12,14H2,1-2H3,(H,30,33)/t26-/m1/s1. The van der Waals surface area contributed by atoms with Crippen molar-refractivity contribution in [2.24, 2.45) is 0 Å². The average molecular weight is 497 g/mol.